The molecule has 0 aromatic rings. The fraction of sp³-hybridized carbons (Fsp3) is 0.882. The second-order valence-corrected chi connectivity index (χ2v) is 6.28. The second kappa shape index (κ2) is 10.4. The summed E-state index contributed by atoms with van der Waals surface area (Å²) in [6, 6.07) is 0. The zero-order valence-corrected chi connectivity index (χ0v) is 13.4. The highest BCUT2D eigenvalue weighted by Crippen LogP contribution is 2.22. The minimum absolute atomic E-state index is 0.250. The van der Waals surface area contributed by atoms with Crippen molar-refractivity contribution in [3.05, 3.63) is 11.6 Å². The third-order valence-electron chi connectivity index (χ3n) is 3.67. The summed E-state index contributed by atoms with van der Waals surface area (Å²) in [7, 11) is 0. The lowest BCUT2D eigenvalue weighted by atomic mass is 9.91. The summed E-state index contributed by atoms with van der Waals surface area (Å²) in [5.41, 5.74) is 0.881. The van der Waals surface area contributed by atoms with Crippen LogP contribution in [0.2, 0.25) is 0 Å². The Hall–Kier alpha value is -0.340. The van der Waals surface area contributed by atoms with Crippen LogP contribution >= 0.6 is 0 Å². The molecule has 2 unspecified atom stereocenters. The highest BCUT2D eigenvalue weighted by atomic mass is 16.3. The number of hydrogen-bond acceptors (Lipinski definition) is 2. The Bertz CT molecular complexity index is 242. The number of aliphatic hydroxyl groups is 2. The van der Waals surface area contributed by atoms with Gasteiger partial charge in [-0.05, 0) is 65.7 Å². The lowest BCUT2D eigenvalue weighted by Gasteiger charge is -2.23. The van der Waals surface area contributed by atoms with E-state index in [2.05, 4.69) is 19.9 Å². The third-order valence-corrected chi connectivity index (χ3v) is 3.67. The van der Waals surface area contributed by atoms with Gasteiger partial charge in [-0.2, -0.15) is 0 Å². The molecule has 0 heterocycles. The van der Waals surface area contributed by atoms with E-state index in [-0.39, 0.29) is 6.10 Å². The molecule has 0 aliphatic rings. The molecule has 0 aromatic carbocycles. The second-order valence-electron chi connectivity index (χ2n) is 6.28. The highest BCUT2D eigenvalue weighted by molar-refractivity contribution is 4.97. The normalized spacial score (nSPS) is 17.3. The molecule has 0 saturated heterocycles. The predicted molar refractivity (Wildman–Crippen MR) is 83.3 cm³/mol. The van der Waals surface area contributed by atoms with Crippen molar-refractivity contribution in [2.24, 2.45) is 0 Å². The first-order valence-corrected chi connectivity index (χ1v) is 7.93. The predicted octanol–water partition coefficient (Wildman–Crippen LogP) is 4.60. The molecule has 19 heavy (non-hydrogen) atoms. The van der Waals surface area contributed by atoms with E-state index < -0.39 is 5.60 Å². The zero-order valence-electron chi connectivity index (χ0n) is 13.4. The maximum atomic E-state index is 10.3. The van der Waals surface area contributed by atoms with Crippen LogP contribution in [0.4, 0.5) is 0 Å². The molecular formula is C17H34O2. The lowest BCUT2D eigenvalue weighted by Crippen LogP contribution is -2.24. The summed E-state index contributed by atoms with van der Waals surface area (Å²) in [5.74, 6) is 0. The van der Waals surface area contributed by atoms with Gasteiger partial charge in [-0.3, -0.25) is 0 Å². The minimum Gasteiger partial charge on any atom is -0.393 e. The molecule has 0 aromatic heterocycles. The summed E-state index contributed by atoms with van der Waals surface area (Å²) in [5, 5.41) is 19.5. The van der Waals surface area contributed by atoms with Gasteiger partial charge in [0.25, 0.3) is 0 Å². The molecule has 0 rings (SSSR count). The van der Waals surface area contributed by atoms with Crippen molar-refractivity contribution in [3.8, 4) is 0 Å². The van der Waals surface area contributed by atoms with Crippen LogP contribution in [0.25, 0.3) is 0 Å². The maximum absolute atomic E-state index is 10.3. The molecule has 2 N–H and O–H groups in total. The van der Waals surface area contributed by atoms with Crippen LogP contribution in [-0.2, 0) is 0 Å². The summed E-state index contributed by atoms with van der Waals surface area (Å²) < 4.78 is 0. The Morgan fingerprint density at radius 3 is 2.42 bits per heavy atom. The first kappa shape index (κ1) is 18.7. The molecule has 0 fully saturated rings. The number of allylic oxidation sites excluding steroid dienone is 2. The van der Waals surface area contributed by atoms with E-state index in [4.69, 9.17) is 0 Å². The van der Waals surface area contributed by atoms with E-state index in [1.807, 2.05) is 6.92 Å². The molecule has 0 saturated carbocycles. The van der Waals surface area contributed by atoms with E-state index in [0.29, 0.717) is 0 Å². The SMILES string of the molecule is CCCC/C=C(\C)CCCC(C)(O)CCCC(C)O. The van der Waals surface area contributed by atoms with Gasteiger partial charge in [-0.25, -0.2) is 0 Å². The topological polar surface area (TPSA) is 40.5 Å². The summed E-state index contributed by atoms with van der Waals surface area (Å²) in [4.78, 5) is 0. The summed E-state index contributed by atoms with van der Waals surface area (Å²) in [6.07, 6.45) is 11.3. The van der Waals surface area contributed by atoms with E-state index in [1.165, 1.54) is 24.8 Å². The summed E-state index contributed by atoms with van der Waals surface area (Å²) in [6.45, 7) is 8.13. The largest absolute Gasteiger partial charge is 0.393 e. The van der Waals surface area contributed by atoms with Crippen molar-refractivity contribution in [1.29, 1.82) is 0 Å². The quantitative estimate of drug-likeness (QED) is 0.425. The van der Waals surface area contributed by atoms with E-state index in [9.17, 15) is 10.2 Å². The maximum Gasteiger partial charge on any atom is 0.0620 e. The first-order valence-electron chi connectivity index (χ1n) is 7.93. The molecule has 0 aliphatic carbocycles. The van der Waals surface area contributed by atoms with Crippen LogP contribution in [0.5, 0.6) is 0 Å². The van der Waals surface area contributed by atoms with Gasteiger partial charge in [0.1, 0.15) is 0 Å². The van der Waals surface area contributed by atoms with Crippen molar-refractivity contribution in [3.63, 3.8) is 0 Å². The highest BCUT2D eigenvalue weighted by Gasteiger charge is 2.19. The zero-order chi connectivity index (χ0) is 14.7. The fourth-order valence-electron chi connectivity index (χ4n) is 2.31. The molecule has 0 amide bonds. The Kier molecular flexibility index (Phi) is 10.3. The van der Waals surface area contributed by atoms with E-state index in [1.54, 1.807) is 6.92 Å². The molecule has 114 valence electrons. The lowest BCUT2D eigenvalue weighted by molar-refractivity contribution is 0.0341. The third kappa shape index (κ3) is 12.4. The number of unbranched alkanes of at least 4 members (excludes halogenated alkanes) is 2. The van der Waals surface area contributed by atoms with E-state index >= 15 is 0 Å². The van der Waals surface area contributed by atoms with Gasteiger partial charge in [0, 0.05) is 0 Å². The standard InChI is InChI=1S/C17H34O2/c1-5-6-7-10-15(2)11-8-13-17(4,19)14-9-12-16(3)18/h10,16,18-19H,5-9,11-14H2,1-4H3/b15-10+. The Balaban J connectivity index is 3.75. The molecule has 0 bridgehead atoms. The smallest absolute Gasteiger partial charge is 0.0620 e. The number of aliphatic hydroxyl groups excluding tert-OH is 1. The molecule has 2 atom stereocenters. The van der Waals surface area contributed by atoms with Crippen LogP contribution in [0, 0.1) is 0 Å². The Labute approximate surface area is 119 Å². The van der Waals surface area contributed by atoms with Crippen LogP contribution in [0.3, 0.4) is 0 Å². The van der Waals surface area contributed by atoms with Gasteiger partial charge in [-0.15, -0.1) is 0 Å². The number of rotatable bonds is 11. The molecule has 2 heteroatoms. The van der Waals surface area contributed by atoms with Crippen molar-refractivity contribution in [2.45, 2.75) is 97.2 Å². The van der Waals surface area contributed by atoms with Crippen molar-refractivity contribution in [2.75, 3.05) is 0 Å². The molecule has 0 radical (unpaired) electrons. The van der Waals surface area contributed by atoms with Crippen molar-refractivity contribution >= 4 is 0 Å². The number of hydrogen-bond donors (Lipinski definition) is 2. The van der Waals surface area contributed by atoms with Gasteiger partial charge in [0.15, 0.2) is 0 Å². The van der Waals surface area contributed by atoms with Crippen LogP contribution in [0.1, 0.15) is 85.5 Å². The molecule has 2 nitrogen and oxygen atoms in total. The molecular weight excluding hydrogens is 236 g/mol. The van der Waals surface area contributed by atoms with Gasteiger partial charge >= 0.3 is 0 Å². The van der Waals surface area contributed by atoms with E-state index in [0.717, 1.165) is 38.5 Å². The van der Waals surface area contributed by atoms with Crippen molar-refractivity contribution in [1.82, 2.24) is 0 Å². The first-order chi connectivity index (χ1) is 8.87. The van der Waals surface area contributed by atoms with Gasteiger partial charge in [0.05, 0.1) is 11.7 Å². The van der Waals surface area contributed by atoms with Crippen LogP contribution < -0.4 is 0 Å². The fourth-order valence-corrected chi connectivity index (χ4v) is 2.31. The Morgan fingerprint density at radius 2 is 1.84 bits per heavy atom. The Morgan fingerprint density at radius 1 is 1.21 bits per heavy atom. The van der Waals surface area contributed by atoms with Crippen LogP contribution in [-0.4, -0.2) is 21.9 Å². The average Bonchev–Trinajstić information content (AvgIpc) is 2.28. The van der Waals surface area contributed by atoms with Gasteiger partial charge in [-0.1, -0.05) is 31.4 Å². The van der Waals surface area contributed by atoms with Crippen molar-refractivity contribution < 1.29 is 10.2 Å². The summed E-state index contributed by atoms with van der Waals surface area (Å²) >= 11 is 0. The van der Waals surface area contributed by atoms with Crippen LogP contribution in [0.15, 0.2) is 11.6 Å². The average molecular weight is 270 g/mol. The molecule has 0 spiro atoms. The van der Waals surface area contributed by atoms with Gasteiger partial charge in [0.2, 0.25) is 0 Å². The van der Waals surface area contributed by atoms with Gasteiger partial charge < -0.3 is 10.2 Å². The minimum atomic E-state index is -0.571. The molecule has 0 aliphatic heterocycles. The monoisotopic (exact) mass is 270 g/mol.